The quantitative estimate of drug-likeness (QED) is 0.666. The third-order valence-electron chi connectivity index (χ3n) is 2.73. The first-order chi connectivity index (χ1) is 9.06. The van der Waals surface area contributed by atoms with Crippen molar-refractivity contribution < 1.29 is 13.2 Å². The lowest BCUT2D eigenvalue weighted by Gasteiger charge is -2.06. The minimum absolute atomic E-state index is 0.111. The van der Waals surface area contributed by atoms with Crippen LogP contribution >= 0.6 is 0 Å². The minimum Gasteiger partial charge on any atom is -0.312 e. The second-order valence-electron chi connectivity index (χ2n) is 4.27. The highest BCUT2D eigenvalue weighted by atomic mass is 19.2. The zero-order valence-corrected chi connectivity index (χ0v) is 10.5. The summed E-state index contributed by atoms with van der Waals surface area (Å²) < 4.78 is 40.7. The number of nitrogens with one attached hydrogen (secondary N) is 1. The van der Waals surface area contributed by atoms with E-state index >= 15 is 0 Å². The molecule has 19 heavy (non-hydrogen) atoms. The summed E-state index contributed by atoms with van der Waals surface area (Å²) in [6.45, 7) is 0.727. The summed E-state index contributed by atoms with van der Waals surface area (Å²) in [6.07, 6.45) is 2.52. The third-order valence-corrected chi connectivity index (χ3v) is 2.73. The number of rotatable bonds is 5. The lowest BCUT2D eigenvalue weighted by atomic mass is 10.2. The molecule has 0 saturated carbocycles. The average molecular weight is 269 g/mol. The second-order valence-corrected chi connectivity index (χ2v) is 4.27. The molecule has 0 bridgehead atoms. The molecule has 1 aromatic heterocycles. The monoisotopic (exact) mass is 269 g/mol. The van der Waals surface area contributed by atoms with Crippen LogP contribution < -0.4 is 5.32 Å². The molecule has 3 nitrogen and oxygen atoms in total. The number of hydrogen-bond donors (Lipinski definition) is 1. The molecule has 0 saturated heterocycles. The topological polar surface area (TPSA) is 29.9 Å². The largest absolute Gasteiger partial charge is 0.312 e. The number of aromatic nitrogens is 2. The molecule has 0 aliphatic heterocycles. The van der Waals surface area contributed by atoms with E-state index in [1.807, 2.05) is 19.3 Å². The van der Waals surface area contributed by atoms with Crippen molar-refractivity contribution in [2.45, 2.75) is 13.0 Å². The molecule has 0 radical (unpaired) electrons. The summed E-state index contributed by atoms with van der Waals surface area (Å²) in [5.74, 6) is -2.96. The minimum atomic E-state index is -1.17. The van der Waals surface area contributed by atoms with Crippen LogP contribution in [0, 0.1) is 17.5 Å². The zero-order valence-electron chi connectivity index (χ0n) is 10.5. The summed E-state index contributed by atoms with van der Waals surface area (Å²) in [6, 6.07) is 3.32. The summed E-state index contributed by atoms with van der Waals surface area (Å²) in [5.41, 5.74) is 1.03. The first-order valence-electron chi connectivity index (χ1n) is 5.89. The molecule has 0 spiro atoms. The maximum Gasteiger partial charge on any atom is 0.161 e. The van der Waals surface area contributed by atoms with E-state index in [1.165, 1.54) is 0 Å². The molecular weight excluding hydrogens is 255 g/mol. The highest BCUT2D eigenvalue weighted by Gasteiger charge is 2.09. The van der Waals surface area contributed by atoms with Crippen LogP contribution in [0.1, 0.15) is 11.3 Å². The molecule has 102 valence electrons. The first-order valence-corrected chi connectivity index (χ1v) is 5.89. The number of hydrogen-bond acceptors (Lipinski definition) is 2. The van der Waals surface area contributed by atoms with E-state index in [9.17, 15) is 13.2 Å². The molecule has 0 amide bonds. The van der Waals surface area contributed by atoms with Gasteiger partial charge in [-0.3, -0.25) is 4.68 Å². The standard InChI is InChI=1S/C13H14F3N3/c1-19-5-3-10(18-19)2-4-17-8-9-6-12(15)13(16)7-11(9)14/h3,5-7,17H,2,4,8H2,1H3. The average Bonchev–Trinajstić information content (AvgIpc) is 2.77. The molecule has 2 aromatic rings. The Morgan fingerprint density at radius 2 is 1.89 bits per heavy atom. The summed E-state index contributed by atoms with van der Waals surface area (Å²) in [4.78, 5) is 0. The Bertz CT molecular complexity index is 566. The SMILES string of the molecule is Cn1ccc(CCNCc2cc(F)c(F)cc2F)n1. The maximum atomic E-state index is 13.3. The summed E-state index contributed by atoms with van der Waals surface area (Å²) >= 11 is 0. The van der Waals surface area contributed by atoms with Gasteiger partial charge in [0.05, 0.1) is 5.69 Å². The van der Waals surface area contributed by atoms with Crippen LogP contribution in [0.25, 0.3) is 0 Å². The van der Waals surface area contributed by atoms with E-state index in [1.54, 1.807) is 4.68 Å². The van der Waals surface area contributed by atoms with Gasteiger partial charge in [0, 0.05) is 44.4 Å². The Morgan fingerprint density at radius 1 is 1.16 bits per heavy atom. The van der Waals surface area contributed by atoms with Gasteiger partial charge in [-0.05, 0) is 12.1 Å². The second kappa shape index (κ2) is 5.88. The maximum absolute atomic E-state index is 13.3. The van der Waals surface area contributed by atoms with Crippen LogP contribution in [-0.4, -0.2) is 16.3 Å². The Labute approximate surface area is 109 Å². The zero-order chi connectivity index (χ0) is 13.8. The molecule has 1 heterocycles. The van der Waals surface area contributed by atoms with Gasteiger partial charge in [-0.25, -0.2) is 13.2 Å². The summed E-state index contributed by atoms with van der Waals surface area (Å²) in [7, 11) is 1.83. The van der Waals surface area contributed by atoms with Crippen molar-refractivity contribution in [2.75, 3.05) is 6.54 Å². The van der Waals surface area contributed by atoms with Crippen LogP contribution in [0.2, 0.25) is 0 Å². The smallest absolute Gasteiger partial charge is 0.161 e. The molecule has 2 rings (SSSR count). The molecule has 0 unspecified atom stereocenters. The van der Waals surface area contributed by atoms with Crippen molar-refractivity contribution in [1.82, 2.24) is 15.1 Å². The number of benzene rings is 1. The normalized spacial score (nSPS) is 10.9. The van der Waals surface area contributed by atoms with Crippen molar-refractivity contribution in [3.8, 4) is 0 Å². The molecule has 1 aromatic carbocycles. The van der Waals surface area contributed by atoms with Crippen LogP contribution in [0.4, 0.5) is 13.2 Å². The van der Waals surface area contributed by atoms with E-state index in [4.69, 9.17) is 0 Å². The fourth-order valence-electron chi connectivity index (χ4n) is 1.74. The fraction of sp³-hybridized carbons (Fsp3) is 0.308. The van der Waals surface area contributed by atoms with Crippen molar-refractivity contribution in [3.05, 3.63) is 53.1 Å². The molecule has 0 fully saturated rings. The van der Waals surface area contributed by atoms with Gasteiger partial charge in [0.1, 0.15) is 5.82 Å². The van der Waals surface area contributed by atoms with Gasteiger partial charge in [0.2, 0.25) is 0 Å². The van der Waals surface area contributed by atoms with Gasteiger partial charge in [-0.15, -0.1) is 0 Å². The van der Waals surface area contributed by atoms with Crippen molar-refractivity contribution in [2.24, 2.45) is 7.05 Å². The van der Waals surface area contributed by atoms with Gasteiger partial charge >= 0.3 is 0 Å². The lowest BCUT2D eigenvalue weighted by molar-refractivity contribution is 0.487. The van der Waals surface area contributed by atoms with Crippen molar-refractivity contribution >= 4 is 0 Å². The molecule has 0 aliphatic carbocycles. The Balaban J connectivity index is 1.84. The van der Waals surface area contributed by atoms with Gasteiger partial charge in [-0.2, -0.15) is 5.10 Å². The molecule has 6 heteroatoms. The van der Waals surface area contributed by atoms with E-state index in [2.05, 4.69) is 10.4 Å². The highest BCUT2D eigenvalue weighted by Crippen LogP contribution is 2.13. The molecule has 0 aliphatic rings. The summed E-state index contributed by atoms with van der Waals surface area (Å²) in [5, 5.41) is 7.16. The van der Waals surface area contributed by atoms with Crippen LogP contribution in [0.15, 0.2) is 24.4 Å². The predicted octanol–water partition coefficient (Wildman–Crippen LogP) is 2.17. The van der Waals surface area contributed by atoms with Gasteiger partial charge in [-0.1, -0.05) is 0 Å². The third kappa shape index (κ3) is 3.57. The lowest BCUT2D eigenvalue weighted by Crippen LogP contribution is -2.18. The fourth-order valence-corrected chi connectivity index (χ4v) is 1.74. The highest BCUT2D eigenvalue weighted by molar-refractivity contribution is 5.19. The molecule has 1 N–H and O–H groups in total. The Morgan fingerprint density at radius 3 is 2.58 bits per heavy atom. The van der Waals surface area contributed by atoms with E-state index < -0.39 is 17.5 Å². The van der Waals surface area contributed by atoms with Crippen molar-refractivity contribution in [3.63, 3.8) is 0 Å². The predicted molar refractivity (Wildman–Crippen MR) is 64.9 cm³/mol. The van der Waals surface area contributed by atoms with E-state index in [0.29, 0.717) is 19.0 Å². The van der Waals surface area contributed by atoms with Crippen LogP contribution in [0.3, 0.4) is 0 Å². The number of halogens is 3. The van der Waals surface area contributed by atoms with Crippen LogP contribution in [-0.2, 0) is 20.0 Å². The Hall–Kier alpha value is -1.82. The molecule has 0 atom stereocenters. The van der Waals surface area contributed by atoms with Gasteiger partial charge in [0.15, 0.2) is 11.6 Å². The van der Waals surface area contributed by atoms with Crippen molar-refractivity contribution in [1.29, 1.82) is 0 Å². The number of aryl methyl sites for hydroxylation is 1. The first kappa shape index (κ1) is 13.6. The van der Waals surface area contributed by atoms with E-state index in [0.717, 1.165) is 11.8 Å². The number of nitrogens with zero attached hydrogens (tertiary/aromatic N) is 2. The Kier molecular flexibility index (Phi) is 4.21. The van der Waals surface area contributed by atoms with Crippen LogP contribution in [0.5, 0.6) is 0 Å². The van der Waals surface area contributed by atoms with Gasteiger partial charge in [0.25, 0.3) is 0 Å². The van der Waals surface area contributed by atoms with Gasteiger partial charge < -0.3 is 5.32 Å². The molecular formula is C13H14F3N3. The van der Waals surface area contributed by atoms with E-state index in [-0.39, 0.29) is 12.1 Å².